The summed E-state index contributed by atoms with van der Waals surface area (Å²) < 4.78 is 5.04. The van der Waals surface area contributed by atoms with Crippen molar-refractivity contribution in [3.63, 3.8) is 0 Å². The van der Waals surface area contributed by atoms with Crippen molar-refractivity contribution in [2.75, 3.05) is 0 Å². The Bertz CT molecular complexity index is 499. The number of rotatable bonds is 3. The molecule has 19 heavy (non-hydrogen) atoms. The number of nitrogens with zero attached hydrogens (tertiary/aromatic N) is 1. The SMILES string of the molecule is O=C(OCc1ccccc1)C1CCC(=O)N1C(=O)O. The van der Waals surface area contributed by atoms with Gasteiger partial charge in [-0.05, 0) is 12.0 Å². The Morgan fingerprint density at radius 3 is 2.63 bits per heavy atom. The molecule has 6 nitrogen and oxygen atoms in total. The zero-order chi connectivity index (χ0) is 13.8. The lowest BCUT2D eigenvalue weighted by Crippen LogP contribution is -2.42. The summed E-state index contributed by atoms with van der Waals surface area (Å²) in [4.78, 5) is 34.6. The van der Waals surface area contributed by atoms with E-state index in [2.05, 4.69) is 0 Å². The predicted octanol–water partition coefficient (Wildman–Crippen LogP) is 1.40. The summed E-state index contributed by atoms with van der Waals surface area (Å²) in [6.07, 6.45) is -1.18. The number of esters is 1. The maximum Gasteiger partial charge on any atom is 0.414 e. The highest BCUT2D eigenvalue weighted by atomic mass is 16.5. The Labute approximate surface area is 109 Å². The van der Waals surface area contributed by atoms with Crippen LogP contribution < -0.4 is 0 Å². The van der Waals surface area contributed by atoms with Crippen molar-refractivity contribution in [3.05, 3.63) is 35.9 Å². The van der Waals surface area contributed by atoms with Crippen LogP contribution in [0, 0.1) is 0 Å². The highest BCUT2D eigenvalue weighted by molar-refractivity contribution is 5.98. The fourth-order valence-corrected chi connectivity index (χ4v) is 1.97. The second kappa shape index (κ2) is 5.51. The lowest BCUT2D eigenvalue weighted by Gasteiger charge is -2.18. The Kier molecular flexibility index (Phi) is 3.79. The minimum atomic E-state index is -1.41. The lowest BCUT2D eigenvalue weighted by molar-refractivity contribution is -0.151. The summed E-state index contributed by atoms with van der Waals surface area (Å²) in [6.45, 7) is 0.0673. The molecule has 1 fully saturated rings. The van der Waals surface area contributed by atoms with Gasteiger partial charge in [-0.1, -0.05) is 30.3 Å². The maximum absolute atomic E-state index is 11.8. The Balaban J connectivity index is 1.96. The second-order valence-corrected chi connectivity index (χ2v) is 4.19. The van der Waals surface area contributed by atoms with Gasteiger partial charge in [0.1, 0.15) is 12.6 Å². The van der Waals surface area contributed by atoms with Crippen molar-refractivity contribution < 1.29 is 24.2 Å². The first-order chi connectivity index (χ1) is 9.09. The highest BCUT2D eigenvalue weighted by Crippen LogP contribution is 2.20. The molecular formula is C13H13NO5. The molecule has 0 saturated carbocycles. The summed E-state index contributed by atoms with van der Waals surface area (Å²) >= 11 is 0. The van der Waals surface area contributed by atoms with Gasteiger partial charge in [0.2, 0.25) is 5.91 Å². The zero-order valence-electron chi connectivity index (χ0n) is 10.1. The topological polar surface area (TPSA) is 83.9 Å². The molecule has 0 bridgehead atoms. The number of carbonyl (C=O) groups excluding carboxylic acids is 2. The third kappa shape index (κ3) is 2.90. The van der Waals surface area contributed by atoms with Gasteiger partial charge in [-0.15, -0.1) is 0 Å². The molecule has 1 heterocycles. The third-order valence-electron chi connectivity index (χ3n) is 2.91. The van der Waals surface area contributed by atoms with Crippen LogP contribution in [0.25, 0.3) is 0 Å². The smallest absolute Gasteiger partial charge is 0.414 e. The van der Waals surface area contributed by atoms with Gasteiger partial charge in [-0.25, -0.2) is 14.5 Å². The summed E-state index contributed by atoms with van der Waals surface area (Å²) in [7, 11) is 0. The minimum Gasteiger partial charge on any atom is -0.465 e. The normalized spacial score (nSPS) is 18.4. The van der Waals surface area contributed by atoms with Crippen LogP contribution >= 0.6 is 0 Å². The molecule has 2 rings (SSSR count). The average Bonchev–Trinajstić information content (AvgIpc) is 2.79. The highest BCUT2D eigenvalue weighted by Gasteiger charge is 2.41. The molecule has 1 aromatic rings. The number of benzene rings is 1. The first kappa shape index (κ1) is 13.1. The van der Waals surface area contributed by atoms with E-state index in [1.165, 1.54) is 0 Å². The Morgan fingerprint density at radius 2 is 2.00 bits per heavy atom. The van der Waals surface area contributed by atoms with Crippen molar-refractivity contribution in [2.24, 2.45) is 0 Å². The molecule has 1 saturated heterocycles. The molecule has 1 aliphatic heterocycles. The van der Waals surface area contributed by atoms with Gasteiger partial charge in [-0.2, -0.15) is 0 Å². The maximum atomic E-state index is 11.8. The van der Waals surface area contributed by atoms with Crippen LogP contribution in [0.4, 0.5) is 4.79 Å². The van der Waals surface area contributed by atoms with E-state index in [-0.39, 0.29) is 19.4 Å². The number of imide groups is 1. The zero-order valence-corrected chi connectivity index (χ0v) is 10.1. The number of ether oxygens (including phenoxy) is 1. The molecule has 1 unspecified atom stereocenters. The van der Waals surface area contributed by atoms with Crippen molar-refractivity contribution >= 4 is 18.0 Å². The Morgan fingerprint density at radius 1 is 1.32 bits per heavy atom. The van der Waals surface area contributed by atoms with Gasteiger partial charge in [0.15, 0.2) is 0 Å². The number of amides is 2. The van der Waals surface area contributed by atoms with E-state index in [0.717, 1.165) is 5.56 Å². The molecule has 1 aromatic carbocycles. The quantitative estimate of drug-likeness (QED) is 0.833. The average molecular weight is 263 g/mol. The minimum absolute atomic E-state index is 0.0530. The molecular weight excluding hydrogens is 250 g/mol. The first-order valence-electron chi connectivity index (χ1n) is 5.85. The van der Waals surface area contributed by atoms with Crippen LogP contribution in [0.2, 0.25) is 0 Å². The Hall–Kier alpha value is -2.37. The molecule has 0 radical (unpaired) electrons. The van der Waals surface area contributed by atoms with E-state index in [4.69, 9.17) is 9.84 Å². The van der Waals surface area contributed by atoms with E-state index in [0.29, 0.717) is 4.90 Å². The number of carboxylic acid groups (broad SMARTS) is 1. The third-order valence-corrected chi connectivity index (χ3v) is 2.91. The van der Waals surface area contributed by atoms with Crippen molar-refractivity contribution in [1.82, 2.24) is 4.90 Å². The molecule has 0 spiro atoms. The number of carbonyl (C=O) groups is 3. The summed E-state index contributed by atoms with van der Waals surface area (Å²) in [6, 6.07) is 8.03. The van der Waals surface area contributed by atoms with Crippen LogP contribution in [0.1, 0.15) is 18.4 Å². The van der Waals surface area contributed by atoms with Gasteiger partial charge in [-0.3, -0.25) is 4.79 Å². The summed E-state index contributed by atoms with van der Waals surface area (Å²) in [5.74, 6) is -1.24. The molecule has 1 N–H and O–H groups in total. The second-order valence-electron chi connectivity index (χ2n) is 4.19. The van der Waals surface area contributed by atoms with Gasteiger partial charge in [0.25, 0.3) is 0 Å². The van der Waals surface area contributed by atoms with Gasteiger partial charge in [0.05, 0.1) is 0 Å². The number of hydrogen-bond donors (Lipinski definition) is 1. The largest absolute Gasteiger partial charge is 0.465 e. The molecule has 0 aliphatic carbocycles. The van der Waals surface area contributed by atoms with E-state index in [9.17, 15) is 14.4 Å². The molecule has 2 amide bonds. The van der Waals surface area contributed by atoms with Gasteiger partial charge < -0.3 is 9.84 Å². The number of hydrogen-bond acceptors (Lipinski definition) is 4. The van der Waals surface area contributed by atoms with E-state index >= 15 is 0 Å². The van der Waals surface area contributed by atoms with Crippen molar-refractivity contribution in [1.29, 1.82) is 0 Å². The predicted molar refractivity (Wildman–Crippen MR) is 64.1 cm³/mol. The van der Waals surface area contributed by atoms with Crippen LogP contribution in [0.5, 0.6) is 0 Å². The van der Waals surface area contributed by atoms with Crippen LogP contribution in [-0.4, -0.2) is 34.0 Å². The first-order valence-corrected chi connectivity index (χ1v) is 5.85. The van der Waals surface area contributed by atoms with Crippen LogP contribution in [-0.2, 0) is 20.9 Å². The van der Waals surface area contributed by atoms with E-state index in [1.807, 2.05) is 18.2 Å². The van der Waals surface area contributed by atoms with E-state index < -0.39 is 24.0 Å². The summed E-state index contributed by atoms with van der Waals surface area (Å²) in [5.41, 5.74) is 0.807. The molecule has 6 heteroatoms. The fraction of sp³-hybridized carbons (Fsp3) is 0.308. The van der Waals surface area contributed by atoms with Crippen molar-refractivity contribution in [2.45, 2.75) is 25.5 Å². The monoisotopic (exact) mass is 263 g/mol. The standard InChI is InChI=1S/C13H13NO5/c15-11-7-6-10(14(11)13(17)18)12(16)19-8-9-4-2-1-3-5-9/h1-5,10H,6-8H2,(H,17,18). The van der Waals surface area contributed by atoms with Gasteiger partial charge in [0, 0.05) is 6.42 Å². The number of likely N-dealkylation sites (tertiary alicyclic amines) is 1. The molecule has 0 aromatic heterocycles. The van der Waals surface area contributed by atoms with Crippen LogP contribution in [0.3, 0.4) is 0 Å². The lowest BCUT2D eigenvalue weighted by atomic mass is 10.2. The van der Waals surface area contributed by atoms with E-state index in [1.54, 1.807) is 12.1 Å². The van der Waals surface area contributed by atoms with Crippen LogP contribution in [0.15, 0.2) is 30.3 Å². The molecule has 100 valence electrons. The molecule has 1 atom stereocenters. The molecule has 1 aliphatic rings. The van der Waals surface area contributed by atoms with Gasteiger partial charge >= 0.3 is 12.1 Å². The van der Waals surface area contributed by atoms with Crippen molar-refractivity contribution in [3.8, 4) is 0 Å². The summed E-state index contributed by atoms with van der Waals surface area (Å²) in [5, 5.41) is 8.89. The fourth-order valence-electron chi connectivity index (χ4n) is 1.97.